The molecule has 2 aliphatic rings. The molecule has 0 atom stereocenters. The van der Waals surface area contributed by atoms with Crippen molar-refractivity contribution in [3.05, 3.63) is 47.5 Å². The van der Waals surface area contributed by atoms with E-state index in [1.807, 2.05) is 31.7 Å². The van der Waals surface area contributed by atoms with Crippen LogP contribution in [0.15, 0.2) is 41.3 Å². The molecule has 1 amide bonds. The minimum Gasteiger partial charge on any atom is -0.495 e. The Kier molecular flexibility index (Phi) is 4.61. The number of anilines is 2. The molecule has 4 rings (SSSR count). The van der Waals surface area contributed by atoms with Gasteiger partial charge in [-0.3, -0.25) is 9.52 Å². The maximum absolute atomic E-state index is 13.1. The van der Waals surface area contributed by atoms with E-state index in [-0.39, 0.29) is 22.1 Å². The van der Waals surface area contributed by atoms with Crippen molar-refractivity contribution in [2.75, 3.05) is 23.3 Å². The molecule has 0 radical (unpaired) electrons. The van der Waals surface area contributed by atoms with Gasteiger partial charge in [-0.25, -0.2) is 8.42 Å². The number of ether oxygens (including phenoxy) is 1. The number of nitrogens with one attached hydrogen (secondary N) is 1. The number of rotatable bonds is 5. The first-order valence-electron chi connectivity index (χ1n) is 9.76. The van der Waals surface area contributed by atoms with Gasteiger partial charge >= 0.3 is 0 Å². The number of nitrogens with zero attached hydrogens (tertiary/aromatic N) is 1. The Bertz CT molecular complexity index is 1090. The summed E-state index contributed by atoms with van der Waals surface area (Å²) in [6, 6.07) is 10.4. The van der Waals surface area contributed by atoms with Gasteiger partial charge in [-0.2, -0.15) is 0 Å². The standard InChI is InChI=1S/C22H26N2O4S/c1-14-5-10-20(28-4)18(11-14)23-29(26,27)16-8-9-19-17(12-16)22(2,3)13-24(19)21(25)15-6-7-15/h5,8-12,15,23H,6-7,13H2,1-4H3. The molecule has 0 saturated heterocycles. The first kappa shape index (κ1) is 19.8. The third-order valence-electron chi connectivity index (χ3n) is 5.64. The third-order valence-corrected chi connectivity index (χ3v) is 7.01. The fraction of sp³-hybridized carbons (Fsp3) is 0.409. The predicted octanol–water partition coefficient (Wildman–Crippen LogP) is 3.84. The number of fused-ring (bicyclic) bond motifs is 1. The lowest BCUT2D eigenvalue weighted by Gasteiger charge is -2.20. The zero-order valence-corrected chi connectivity index (χ0v) is 18.0. The lowest BCUT2D eigenvalue weighted by atomic mass is 9.87. The highest BCUT2D eigenvalue weighted by Gasteiger charge is 2.43. The minimum atomic E-state index is -3.81. The Labute approximate surface area is 171 Å². The number of hydrogen-bond donors (Lipinski definition) is 1. The highest BCUT2D eigenvalue weighted by Crippen LogP contribution is 2.44. The van der Waals surface area contributed by atoms with Crippen LogP contribution in [0.1, 0.15) is 37.8 Å². The van der Waals surface area contributed by atoms with Crippen LogP contribution in [0.4, 0.5) is 11.4 Å². The van der Waals surface area contributed by atoms with Crippen LogP contribution >= 0.6 is 0 Å². The first-order chi connectivity index (χ1) is 13.6. The molecular formula is C22H26N2O4S. The van der Waals surface area contributed by atoms with Gasteiger partial charge in [0.25, 0.3) is 10.0 Å². The van der Waals surface area contributed by atoms with Gasteiger partial charge in [0.15, 0.2) is 0 Å². The second-order valence-electron chi connectivity index (χ2n) is 8.57. The van der Waals surface area contributed by atoms with Crippen LogP contribution in [0.25, 0.3) is 0 Å². The van der Waals surface area contributed by atoms with Crippen LogP contribution in [0, 0.1) is 12.8 Å². The lowest BCUT2D eigenvalue weighted by molar-refractivity contribution is -0.119. The van der Waals surface area contributed by atoms with Crippen molar-refractivity contribution in [2.24, 2.45) is 5.92 Å². The molecule has 0 unspecified atom stereocenters. The van der Waals surface area contributed by atoms with E-state index in [1.54, 1.807) is 30.3 Å². The zero-order chi connectivity index (χ0) is 21.0. The van der Waals surface area contributed by atoms with Crippen molar-refractivity contribution in [3.8, 4) is 5.75 Å². The highest BCUT2D eigenvalue weighted by molar-refractivity contribution is 7.92. The molecule has 0 bridgehead atoms. The largest absolute Gasteiger partial charge is 0.495 e. The van der Waals surface area contributed by atoms with Gasteiger partial charge in [-0.15, -0.1) is 0 Å². The average molecular weight is 415 g/mol. The van der Waals surface area contributed by atoms with Crippen LogP contribution in [0.5, 0.6) is 5.75 Å². The van der Waals surface area contributed by atoms with Gasteiger partial charge in [-0.1, -0.05) is 19.9 Å². The molecule has 1 heterocycles. The van der Waals surface area contributed by atoms with E-state index in [9.17, 15) is 13.2 Å². The van der Waals surface area contributed by atoms with Gasteiger partial charge in [0.05, 0.1) is 17.7 Å². The summed E-state index contributed by atoms with van der Waals surface area (Å²) in [5, 5.41) is 0. The number of hydrogen-bond acceptors (Lipinski definition) is 4. The molecule has 1 N–H and O–H groups in total. The van der Waals surface area contributed by atoms with Gasteiger partial charge in [0.1, 0.15) is 5.75 Å². The third kappa shape index (κ3) is 3.59. The van der Waals surface area contributed by atoms with E-state index in [2.05, 4.69) is 4.72 Å². The van der Waals surface area contributed by atoms with Gasteiger partial charge in [0.2, 0.25) is 5.91 Å². The van der Waals surface area contributed by atoms with Crippen molar-refractivity contribution < 1.29 is 17.9 Å². The molecule has 2 aromatic rings. The molecule has 7 heteroatoms. The highest BCUT2D eigenvalue weighted by atomic mass is 32.2. The molecule has 2 aromatic carbocycles. The number of aryl methyl sites for hydroxylation is 1. The second kappa shape index (κ2) is 6.76. The average Bonchev–Trinajstić information content (AvgIpc) is 3.46. The quantitative estimate of drug-likeness (QED) is 0.807. The molecule has 29 heavy (non-hydrogen) atoms. The van der Waals surface area contributed by atoms with Crippen LogP contribution in [-0.4, -0.2) is 28.0 Å². The van der Waals surface area contributed by atoms with Gasteiger partial charge in [-0.05, 0) is 61.2 Å². The maximum atomic E-state index is 13.1. The fourth-order valence-electron chi connectivity index (χ4n) is 3.88. The molecule has 1 saturated carbocycles. The Hall–Kier alpha value is -2.54. The second-order valence-corrected chi connectivity index (χ2v) is 10.3. The smallest absolute Gasteiger partial charge is 0.262 e. The Morgan fingerprint density at radius 2 is 1.90 bits per heavy atom. The summed E-state index contributed by atoms with van der Waals surface area (Å²) >= 11 is 0. The van der Waals surface area contributed by atoms with Crippen LogP contribution in [0.2, 0.25) is 0 Å². The summed E-state index contributed by atoms with van der Waals surface area (Å²) < 4.78 is 34.1. The zero-order valence-electron chi connectivity index (χ0n) is 17.2. The number of amides is 1. The molecule has 1 fully saturated rings. The number of methoxy groups -OCH3 is 1. The molecule has 6 nitrogen and oxygen atoms in total. The van der Waals surface area contributed by atoms with Crippen LogP contribution in [-0.2, 0) is 20.2 Å². The van der Waals surface area contributed by atoms with E-state index in [0.717, 1.165) is 29.7 Å². The number of sulfonamides is 1. The van der Waals surface area contributed by atoms with Gasteiger partial charge < -0.3 is 9.64 Å². The van der Waals surface area contributed by atoms with E-state index in [0.29, 0.717) is 18.0 Å². The molecule has 0 aromatic heterocycles. The van der Waals surface area contributed by atoms with E-state index < -0.39 is 10.0 Å². The first-order valence-corrected chi connectivity index (χ1v) is 11.2. The molecule has 154 valence electrons. The van der Waals surface area contributed by atoms with Gasteiger partial charge in [0, 0.05) is 23.6 Å². The summed E-state index contributed by atoms with van der Waals surface area (Å²) in [5.74, 6) is 0.729. The van der Waals surface area contributed by atoms with Crippen molar-refractivity contribution in [2.45, 2.75) is 43.9 Å². The van der Waals surface area contributed by atoms with Crippen LogP contribution < -0.4 is 14.4 Å². The summed E-state index contributed by atoms with van der Waals surface area (Å²) in [6.45, 7) is 6.54. The normalized spacial score (nSPS) is 17.7. The number of carbonyl (C=O) groups excluding carboxylic acids is 1. The Morgan fingerprint density at radius 3 is 2.55 bits per heavy atom. The Balaban J connectivity index is 1.70. The summed E-state index contributed by atoms with van der Waals surface area (Å²) in [4.78, 5) is 14.7. The lowest BCUT2D eigenvalue weighted by Crippen LogP contribution is -2.34. The van der Waals surface area contributed by atoms with E-state index in [4.69, 9.17) is 4.74 Å². The van der Waals surface area contributed by atoms with Crippen molar-refractivity contribution in [1.82, 2.24) is 0 Å². The van der Waals surface area contributed by atoms with Crippen molar-refractivity contribution >= 4 is 27.3 Å². The van der Waals surface area contributed by atoms with Crippen molar-refractivity contribution in [1.29, 1.82) is 0 Å². The number of carbonyl (C=O) groups is 1. The number of benzene rings is 2. The van der Waals surface area contributed by atoms with E-state index in [1.165, 1.54) is 7.11 Å². The molecular weight excluding hydrogens is 388 g/mol. The monoisotopic (exact) mass is 414 g/mol. The summed E-state index contributed by atoms with van der Waals surface area (Å²) in [5.41, 5.74) is 2.71. The topological polar surface area (TPSA) is 75.7 Å². The van der Waals surface area contributed by atoms with Crippen molar-refractivity contribution in [3.63, 3.8) is 0 Å². The fourth-order valence-corrected chi connectivity index (χ4v) is 4.97. The van der Waals surface area contributed by atoms with E-state index >= 15 is 0 Å². The minimum absolute atomic E-state index is 0.121. The maximum Gasteiger partial charge on any atom is 0.262 e. The summed E-state index contributed by atoms with van der Waals surface area (Å²) in [7, 11) is -2.30. The van der Waals surface area contributed by atoms with Crippen LogP contribution in [0.3, 0.4) is 0 Å². The molecule has 0 spiro atoms. The Morgan fingerprint density at radius 1 is 1.17 bits per heavy atom. The summed E-state index contributed by atoms with van der Waals surface area (Å²) in [6.07, 6.45) is 1.89. The predicted molar refractivity (Wildman–Crippen MR) is 113 cm³/mol. The SMILES string of the molecule is COc1ccc(C)cc1NS(=O)(=O)c1ccc2c(c1)C(C)(C)CN2C(=O)C1CC1. The molecule has 1 aliphatic carbocycles. The molecule has 1 aliphatic heterocycles.